The van der Waals surface area contributed by atoms with Crippen LogP contribution >= 0.6 is 0 Å². The van der Waals surface area contributed by atoms with Gasteiger partial charge in [-0.25, -0.2) is 4.39 Å². The molecule has 0 saturated heterocycles. The van der Waals surface area contributed by atoms with Crippen molar-refractivity contribution >= 4 is 0 Å². The number of hydrogen-bond donors (Lipinski definition) is 1. The van der Waals surface area contributed by atoms with Crippen molar-refractivity contribution in [3.63, 3.8) is 0 Å². The van der Waals surface area contributed by atoms with Crippen molar-refractivity contribution < 1.29 is 14.2 Å². The fraction of sp³-hybridized carbons (Fsp3) is 0.538. The minimum Gasteiger partial charge on any atom is -0.490 e. The molecule has 0 unspecified atom stereocenters. The van der Waals surface area contributed by atoms with Gasteiger partial charge in [0.25, 0.3) is 0 Å². The van der Waals surface area contributed by atoms with Crippen LogP contribution in [0.1, 0.15) is 44.3 Å². The summed E-state index contributed by atoms with van der Waals surface area (Å²) in [7, 11) is 0. The second kappa shape index (κ2) is 4.83. The lowest BCUT2D eigenvalue weighted by molar-refractivity contribution is 0.173. The molecule has 88 valence electrons. The molecule has 0 radical (unpaired) electrons. The molecule has 0 aliphatic heterocycles. The molecule has 0 bridgehead atoms. The molecule has 3 heteroatoms. The Morgan fingerprint density at radius 1 is 1.38 bits per heavy atom. The Hall–Kier alpha value is -1.09. The number of benzene rings is 1. The van der Waals surface area contributed by atoms with Crippen molar-refractivity contribution in [3.05, 3.63) is 29.6 Å². The summed E-state index contributed by atoms with van der Waals surface area (Å²) < 4.78 is 18.9. The van der Waals surface area contributed by atoms with Gasteiger partial charge in [0.05, 0.1) is 12.2 Å². The van der Waals surface area contributed by atoms with E-state index in [4.69, 9.17) is 4.74 Å². The molecule has 0 amide bonds. The van der Waals surface area contributed by atoms with Gasteiger partial charge in [-0.3, -0.25) is 0 Å². The molecule has 1 saturated carbocycles. The van der Waals surface area contributed by atoms with Crippen LogP contribution in [0.25, 0.3) is 0 Å². The van der Waals surface area contributed by atoms with Crippen molar-refractivity contribution in [1.29, 1.82) is 0 Å². The number of aliphatic hydroxyl groups is 1. The number of halogens is 1. The van der Waals surface area contributed by atoms with E-state index >= 15 is 0 Å². The standard InChI is InChI=1S/C13H17FO2/c1-9(15)12-8-10(14)6-7-13(12)16-11-4-2-3-5-11/h6-9,11,15H,2-5H2,1H3/t9-/m0/s1. The minimum absolute atomic E-state index is 0.225. The van der Waals surface area contributed by atoms with E-state index in [1.807, 2.05) is 0 Å². The van der Waals surface area contributed by atoms with Crippen LogP contribution in [-0.2, 0) is 0 Å². The zero-order valence-electron chi connectivity index (χ0n) is 9.45. The summed E-state index contributed by atoms with van der Waals surface area (Å²) in [6.07, 6.45) is 4.01. The Balaban J connectivity index is 2.18. The Morgan fingerprint density at radius 3 is 2.69 bits per heavy atom. The number of aliphatic hydroxyl groups excluding tert-OH is 1. The van der Waals surface area contributed by atoms with Gasteiger partial charge in [0.15, 0.2) is 0 Å². The highest BCUT2D eigenvalue weighted by molar-refractivity contribution is 5.35. The zero-order valence-corrected chi connectivity index (χ0v) is 9.45. The van der Waals surface area contributed by atoms with E-state index in [1.165, 1.54) is 25.0 Å². The van der Waals surface area contributed by atoms with E-state index in [9.17, 15) is 9.50 Å². The Labute approximate surface area is 95.1 Å². The quantitative estimate of drug-likeness (QED) is 0.854. The largest absolute Gasteiger partial charge is 0.490 e. The summed E-state index contributed by atoms with van der Waals surface area (Å²) >= 11 is 0. The van der Waals surface area contributed by atoms with Crippen molar-refractivity contribution in [2.24, 2.45) is 0 Å². The minimum atomic E-state index is -0.702. The summed E-state index contributed by atoms with van der Waals surface area (Å²) in [5.41, 5.74) is 0.534. The molecule has 1 aromatic carbocycles. The molecular weight excluding hydrogens is 207 g/mol. The highest BCUT2D eigenvalue weighted by Crippen LogP contribution is 2.30. The van der Waals surface area contributed by atoms with Gasteiger partial charge in [0.2, 0.25) is 0 Å². The summed E-state index contributed by atoms with van der Waals surface area (Å²) in [4.78, 5) is 0. The lowest BCUT2D eigenvalue weighted by atomic mass is 10.1. The van der Waals surface area contributed by atoms with Crippen LogP contribution in [0.4, 0.5) is 4.39 Å². The van der Waals surface area contributed by atoms with E-state index in [1.54, 1.807) is 13.0 Å². The van der Waals surface area contributed by atoms with Gasteiger partial charge in [-0.15, -0.1) is 0 Å². The molecular formula is C13H17FO2. The molecule has 1 aromatic rings. The smallest absolute Gasteiger partial charge is 0.125 e. The van der Waals surface area contributed by atoms with Crippen LogP contribution in [0.2, 0.25) is 0 Å². The van der Waals surface area contributed by atoms with Crippen molar-refractivity contribution in [2.45, 2.75) is 44.8 Å². The third-order valence-corrected chi connectivity index (χ3v) is 3.02. The van der Waals surface area contributed by atoms with Gasteiger partial charge >= 0.3 is 0 Å². The normalized spacial score (nSPS) is 18.7. The zero-order chi connectivity index (χ0) is 11.5. The average molecular weight is 224 g/mol. The van der Waals surface area contributed by atoms with E-state index in [2.05, 4.69) is 0 Å². The average Bonchev–Trinajstić information content (AvgIpc) is 2.73. The molecule has 1 aliphatic carbocycles. The topological polar surface area (TPSA) is 29.5 Å². The Morgan fingerprint density at radius 2 is 2.06 bits per heavy atom. The first-order valence-electron chi connectivity index (χ1n) is 5.81. The predicted molar refractivity (Wildman–Crippen MR) is 59.9 cm³/mol. The highest BCUT2D eigenvalue weighted by Gasteiger charge is 2.19. The van der Waals surface area contributed by atoms with E-state index < -0.39 is 6.10 Å². The maximum absolute atomic E-state index is 13.1. The van der Waals surface area contributed by atoms with E-state index in [0.29, 0.717) is 11.3 Å². The van der Waals surface area contributed by atoms with Gasteiger partial charge < -0.3 is 9.84 Å². The van der Waals surface area contributed by atoms with Crippen molar-refractivity contribution in [1.82, 2.24) is 0 Å². The van der Waals surface area contributed by atoms with Crippen LogP contribution in [0.15, 0.2) is 18.2 Å². The lowest BCUT2D eigenvalue weighted by Crippen LogP contribution is -2.13. The molecule has 16 heavy (non-hydrogen) atoms. The Bertz CT molecular complexity index is 357. The van der Waals surface area contributed by atoms with Gasteiger partial charge in [-0.05, 0) is 50.8 Å². The van der Waals surface area contributed by atoms with Crippen LogP contribution in [0.5, 0.6) is 5.75 Å². The predicted octanol–water partition coefficient (Wildman–Crippen LogP) is 3.20. The van der Waals surface area contributed by atoms with Crippen LogP contribution in [0.3, 0.4) is 0 Å². The molecule has 2 rings (SSSR count). The molecule has 1 atom stereocenters. The van der Waals surface area contributed by atoms with Gasteiger partial charge in [0, 0.05) is 5.56 Å². The molecule has 0 aromatic heterocycles. The van der Waals surface area contributed by atoms with Crippen molar-refractivity contribution in [3.8, 4) is 5.75 Å². The first kappa shape index (κ1) is 11.4. The Kier molecular flexibility index (Phi) is 3.44. The molecule has 1 fully saturated rings. The SMILES string of the molecule is C[C@H](O)c1cc(F)ccc1OC1CCCC1. The summed E-state index contributed by atoms with van der Waals surface area (Å²) in [6.45, 7) is 1.62. The number of rotatable bonds is 3. The third kappa shape index (κ3) is 2.53. The van der Waals surface area contributed by atoms with Gasteiger partial charge in [0.1, 0.15) is 11.6 Å². The van der Waals surface area contributed by atoms with Crippen molar-refractivity contribution in [2.75, 3.05) is 0 Å². The molecule has 0 heterocycles. The van der Waals surface area contributed by atoms with Crippen LogP contribution < -0.4 is 4.74 Å². The fourth-order valence-electron chi connectivity index (χ4n) is 2.14. The lowest BCUT2D eigenvalue weighted by Gasteiger charge is -2.17. The van der Waals surface area contributed by atoms with Gasteiger partial charge in [-0.1, -0.05) is 0 Å². The third-order valence-electron chi connectivity index (χ3n) is 3.02. The second-order valence-electron chi connectivity index (χ2n) is 4.38. The monoisotopic (exact) mass is 224 g/mol. The summed E-state index contributed by atoms with van der Waals surface area (Å²) in [5.74, 6) is 0.276. The second-order valence-corrected chi connectivity index (χ2v) is 4.38. The summed E-state index contributed by atoms with van der Waals surface area (Å²) in [6, 6.07) is 4.32. The van der Waals surface area contributed by atoms with Gasteiger partial charge in [-0.2, -0.15) is 0 Å². The first-order chi connectivity index (χ1) is 7.66. The maximum Gasteiger partial charge on any atom is 0.125 e. The fourth-order valence-corrected chi connectivity index (χ4v) is 2.14. The molecule has 1 N–H and O–H groups in total. The molecule has 1 aliphatic rings. The maximum atomic E-state index is 13.1. The van der Waals surface area contributed by atoms with E-state index in [-0.39, 0.29) is 11.9 Å². The van der Waals surface area contributed by atoms with Crippen LogP contribution in [0, 0.1) is 5.82 Å². The first-order valence-corrected chi connectivity index (χ1v) is 5.81. The van der Waals surface area contributed by atoms with Crippen LogP contribution in [-0.4, -0.2) is 11.2 Å². The molecule has 0 spiro atoms. The number of hydrogen-bond acceptors (Lipinski definition) is 2. The summed E-state index contributed by atoms with van der Waals surface area (Å²) in [5, 5.41) is 9.56. The van der Waals surface area contributed by atoms with E-state index in [0.717, 1.165) is 12.8 Å². The molecule has 2 nitrogen and oxygen atoms in total. The number of ether oxygens (including phenoxy) is 1. The highest BCUT2D eigenvalue weighted by atomic mass is 19.1.